The first kappa shape index (κ1) is 17.2. The number of aryl methyl sites for hydroxylation is 2. The van der Waals surface area contributed by atoms with Gasteiger partial charge in [0.25, 0.3) is 5.56 Å². The van der Waals surface area contributed by atoms with Crippen LogP contribution >= 0.6 is 11.3 Å². The molecule has 134 valence electrons. The van der Waals surface area contributed by atoms with Gasteiger partial charge in [-0.1, -0.05) is 12.1 Å². The highest BCUT2D eigenvalue weighted by atomic mass is 32.1. The number of carboxylic acids is 1. The summed E-state index contributed by atoms with van der Waals surface area (Å²) in [4.78, 5) is 32.7. The molecule has 0 atom stereocenters. The Morgan fingerprint density at radius 2 is 2.00 bits per heavy atom. The Kier molecular flexibility index (Phi) is 4.34. The number of benzene rings is 1. The van der Waals surface area contributed by atoms with Crippen molar-refractivity contribution >= 4 is 39.2 Å². The van der Waals surface area contributed by atoms with E-state index in [1.165, 1.54) is 28.3 Å². The Labute approximate surface area is 158 Å². The smallest absolute Gasteiger partial charge is 0.335 e. The van der Waals surface area contributed by atoms with Crippen LogP contribution in [0.25, 0.3) is 21.9 Å². The van der Waals surface area contributed by atoms with Crippen LogP contribution in [0, 0.1) is 11.3 Å². The lowest BCUT2D eigenvalue weighted by Crippen LogP contribution is -2.12. The summed E-state index contributed by atoms with van der Waals surface area (Å²) >= 11 is 1.53. The van der Waals surface area contributed by atoms with Crippen LogP contribution in [0.15, 0.2) is 29.1 Å². The third kappa shape index (κ3) is 3.15. The highest BCUT2D eigenvalue weighted by molar-refractivity contribution is 7.18. The van der Waals surface area contributed by atoms with Crippen molar-refractivity contribution in [3.8, 4) is 6.07 Å². The summed E-state index contributed by atoms with van der Waals surface area (Å²) in [5, 5.41) is 19.2. The number of nitrogens with zero attached hydrogens (tertiary/aromatic N) is 2. The summed E-state index contributed by atoms with van der Waals surface area (Å²) in [5.74, 6) is -0.778. The lowest BCUT2D eigenvalue weighted by molar-refractivity contribution is 0.0697. The van der Waals surface area contributed by atoms with Gasteiger partial charge in [-0.2, -0.15) is 5.26 Å². The summed E-state index contributed by atoms with van der Waals surface area (Å²) in [7, 11) is 0. The molecule has 6 nitrogen and oxygen atoms in total. The number of nitriles is 1. The van der Waals surface area contributed by atoms with Gasteiger partial charge >= 0.3 is 5.97 Å². The van der Waals surface area contributed by atoms with Gasteiger partial charge in [-0.25, -0.2) is 9.78 Å². The predicted molar refractivity (Wildman–Crippen MR) is 104 cm³/mol. The Morgan fingerprint density at radius 1 is 1.26 bits per heavy atom. The zero-order valence-electron chi connectivity index (χ0n) is 14.3. The molecule has 2 heterocycles. The van der Waals surface area contributed by atoms with Crippen molar-refractivity contribution in [2.24, 2.45) is 0 Å². The highest BCUT2D eigenvalue weighted by Crippen LogP contribution is 2.33. The molecule has 2 N–H and O–H groups in total. The van der Waals surface area contributed by atoms with Gasteiger partial charge < -0.3 is 10.1 Å². The maximum absolute atomic E-state index is 12.6. The van der Waals surface area contributed by atoms with Gasteiger partial charge in [0.2, 0.25) is 0 Å². The van der Waals surface area contributed by atoms with E-state index in [1.54, 1.807) is 18.2 Å². The molecule has 1 aliphatic rings. The second-order valence-electron chi connectivity index (χ2n) is 6.40. The predicted octanol–water partition coefficient (Wildman–Crippen LogP) is 3.63. The summed E-state index contributed by atoms with van der Waals surface area (Å²) in [6.45, 7) is 0. The Balaban J connectivity index is 1.78. The molecule has 0 saturated carbocycles. The SMILES string of the molecule is N#CC(=Cc1ccc(C(=O)O)cc1)c1nc2sc3c(c2c(=O)[nH]1)CCCC3. The van der Waals surface area contributed by atoms with Crippen LogP contribution in [0.2, 0.25) is 0 Å². The first-order chi connectivity index (χ1) is 13.1. The van der Waals surface area contributed by atoms with Gasteiger partial charge in [0.15, 0.2) is 5.82 Å². The fourth-order valence-electron chi connectivity index (χ4n) is 3.33. The van der Waals surface area contributed by atoms with Gasteiger partial charge in [0.1, 0.15) is 10.9 Å². The fraction of sp³-hybridized carbons (Fsp3) is 0.200. The molecule has 1 aliphatic carbocycles. The second kappa shape index (κ2) is 6.82. The summed E-state index contributed by atoms with van der Waals surface area (Å²) < 4.78 is 0. The molecule has 3 aromatic rings. The summed E-state index contributed by atoms with van der Waals surface area (Å²) in [6, 6.07) is 8.24. The number of aromatic amines is 1. The second-order valence-corrected chi connectivity index (χ2v) is 7.49. The molecule has 0 unspecified atom stereocenters. The van der Waals surface area contributed by atoms with Crippen molar-refractivity contribution in [3.63, 3.8) is 0 Å². The first-order valence-electron chi connectivity index (χ1n) is 8.57. The minimum atomic E-state index is -1.01. The zero-order valence-corrected chi connectivity index (χ0v) is 15.1. The number of fused-ring (bicyclic) bond motifs is 3. The van der Waals surface area contributed by atoms with Crippen molar-refractivity contribution in [2.45, 2.75) is 25.7 Å². The van der Waals surface area contributed by atoms with E-state index in [0.29, 0.717) is 15.8 Å². The standard InChI is InChI=1S/C20H15N3O3S/c21-10-13(9-11-5-7-12(8-6-11)20(25)26)17-22-18(24)16-14-3-1-2-4-15(14)27-19(16)23-17/h5-9H,1-4H2,(H,25,26)(H,22,23,24). The molecule has 0 aliphatic heterocycles. The number of H-pyrrole nitrogens is 1. The molecule has 7 heteroatoms. The molecule has 0 radical (unpaired) electrons. The third-order valence-corrected chi connectivity index (χ3v) is 5.85. The number of hydrogen-bond donors (Lipinski definition) is 2. The number of aromatic carboxylic acids is 1. The third-order valence-electron chi connectivity index (χ3n) is 4.67. The number of hydrogen-bond acceptors (Lipinski definition) is 5. The monoisotopic (exact) mass is 377 g/mol. The number of thiophene rings is 1. The molecule has 1 aromatic carbocycles. The maximum atomic E-state index is 12.6. The van der Waals surface area contributed by atoms with Crippen LogP contribution in [0.5, 0.6) is 0 Å². The number of allylic oxidation sites excluding steroid dienone is 1. The van der Waals surface area contributed by atoms with Crippen molar-refractivity contribution in [1.29, 1.82) is 5.26 Å². The van der Waals surface area contributed by atoms with E-state index >= 15 is 0 Å². The lowest BCUT2D eigenvalue weighted by Gasteiger charge is -2.09. The normalized spacial score (nSPS) is 14.0. The van der Waals surface area contributed by atoms with E-state index in [0.717, 1.165) is 31.2 Å². The Hall–Kier alpha value is -3.24. The van der Waals surface area contributed by atoms with Crippen molar-refractivity contribution < 1.29 is 9.90 Å². The van der Waals surface area contributed by atoms with Crippen LogP contribution in [-0.2, 0) is 12.8 Å². The Bertz CT molecular complexity index is 1180. The maximum Gasteiger partial charge on any atom is 0.335 e. The van der Waals surface area contributed by atoms with Crippen LogP contribution in [0.3, 0.4) is 0 Å². The van der Waals surface area contributed by atoms with Crippen LogP contribution < -0.4 is 5.56 Å². The number of nitrogens with one attached hydrogen (secondary N) is 1. The molecular weight excluding hydrogens is 362 g/mol. The van der Waals surface area contributed by atoms with E-state index in [1.807, 2.05) is 0 Å². The van der Waals surface area contributed by atoms with Crippen LogP contribution in [0.1, 0.15) is 45.0 Å². The van der Waals surface area contributed by atoms with Gasteiger partial charge in [0, 0.05) is 4.88 Å². The molecule has 0 amide bonds. The van der Waals surface area contributed by atoms with Gasteiger partial charge in [-0.15, -0.1) is 11.3 Å². The van der Waals surface area contributed by atoms with E-state index in [2.05, 4.69) is 16.0 Å². The molecule has 27 heavy (non-hydrogen) atoms. The minimum absolute atomic E-state index is 0.169. The molecular formula is C20H15N3O3S. The van der Waals surface area contributed by atoms with E-state index in [4.69, 9.17) is 5.11 Å². The molecule has 2 aromatic heterocycles. The highest BCUT2D eigenvalue weighted by Gasteiger charge is 2.20. The molecule has 0 bridgehead atoms. The summed E-state index contributed by atoms with van der Waals surface area (Å²) in [6.07, 6.45) is 5.66. The number of carbonyl (C=O) groups is 1. The quantitative estimate of drug-likeness (QED) is 0.678. The number of aromatic nitrogens is 2. The first-order valence-corrected chi connectivity index (χ1v) is 9.38. The molecule has 0 spiro atoms. The average Bonchev–Trinajstić information content (AvgIpc) is 3.05. The van der Waals surface area contributed by atoms with E-state index in [9.17, 15) is 14.9 Å². The number of rotatable bonds is 3. The largest absolute Gasteiger partial charge is 0.478 e. The van der Waals surface area contributed by atoms with Gasteiger partial charge in [-0.05, 0) is 55.0 Å². The lowest BCUT2D eigenvalue weighted by atomic mass is 9.97. The summed E-state index contributed by atoms with van der Waals surface area (Å²) in [5.41, 5.74) is 1.95. The van der Waals surface area contributed by atoms with E-state index in [-0.39, 0.29) is 22.5 Å². The van der Waals surface area contributed by atoms with Gasteiger partial charge in [-0.3, -0.25) is 4.79 Å². The van der Waals surface area contributed by atoms with Crippen LogP contribution in [-0.4, -0.2) is 21.0 Å². The van der Waals surface area contributed by atoms with Gasteiger partial charge in [0.05, 0.1) is 16.5 Å². The fourth-order valence-corrected chi connectivity index (χ4v) is 4.60. The van der Waals surface area contributed by atoms with Crippen molar-refractivity contribution in [2.75, 3.05) is 0 Å². The van der Waals surface area contributed by atoms with Crippen molar-refractivity contribution in [3.05, 3.63) is 62.0 Å². The minimum Gasteiger partial charge on any atom is -0.478 e. The molecule has 0 saturated heterocycles. The average molecular weight is 377 g/mol. The zero-order chi connectivity index (χ0) is 19.0. The van der Waals surface area contributed by atoms with Crippen molar-refractivity contribution in [1.82, 2.24) is 9.97 Å². The van der Waals surface area contributed by atoms with Crippen LogP contribution in [0.4, 0.5) is 0 Å². The number of carboxylic acid groups (broad SMARTS) is 1. The topological polar surface area (TPSA) is 107 Å². The molecule has 0 fully saturated rings. The molecule has 4 rings (SSSR count). The van der Waals surface area contributed by atoms with E-state index < -0.39 is 5.97 Å². The Morgan fingerprint density at radius 3 is 2.70 bits per heavy atom.